The van der Waals surface area contributed by atoms with Crippen molar-refractivity contribution in [2.75, 3.05) is 26.4 Å². The third kappa shape index (κ3) is 28.3. The Morgan fingerprint density at radius 2 is 1.28 bits per heavy atom. The van der Waals surface area contributed by atoms with Gasteiger partial charge < -0.3 is 20.1 Å². The normalized spacial score (nSPS) is 14.9. The van der Waals surface area contributed by atoms with E-state index in [1.54, 1.807) is 0 Å². The van der Waals surface area contributed by atoms with E-state index in [0.717, 1.165) is 38.5 Å². The van der Waals surface area contributed by atoms with Crippen molar-refractivity contribution in [1.29, 1.82) is 0 Å². The molecule has 9 nitrogen and oxygen atoms in total. The summed E-state index contributed by atoms with van der Waals surface area (Å²) in [6, 6.07) is 0. The highest BCUT2D eigenvalue weighted by molar-refractivity contribution is 7.47. The second-order valence-corrected chi connectivity index (χ2v) is 9.82. The lowest BCUT2D eigenvalue weighted by Gasteiger charge is -2.15. The molecule has 0 radical (unpaired) electrons. The summed E-state index contributed by atoms with van der Waals surface area (Å²) < 4.78 is 25.9. The van der Waals surface area contributed by atoms with Crippen molar-refractivity contribution >= 4 is 19.7 Å². The van der Waals surface area contributed by atoms with E-state index in [9.17, 15) is 24.2 Å². The van der Waals surface area contributed by atoms with Crippen LogP contribution >= 0.6 is 7.82 Å². The van der Waals surface area contributed by atoms with Gasteiger partial charge in [-0.15, -0.1) is 0 Å². The van der Waals surface area contributed by atoms with Gasteiger partial charge in [0.05, 0.1) is 13.2 Å². The number of hydrogen-bond acceptors (Lipinski definition) is 7. The van der Waals surface area contributed by atoms with Crippen molar-refractivity contribution in [2.45, 2.75) is 71.3 Å². The zero-order valence-electron chi connectivity index (χ0n) is 23.3. The van der Waals surface area contributed by atoms with E-state index in [0.29, 0.717) is 6.42 Å². The number of rotatable bonds is 23. The molecule has 220 valence electrons. The van der Waals surface area contributed by atoms with Crippen LogP contribution in [0.3, 0.4) is 0 Å². The van der Waals surface area contributed by atoms with E-state index in [4.69, 9.17) is 4.74 Å². The SMILES string of the molecule is CC/C=C\C/C=C\C/C=C\C/C=C\C/C=C\C/C=C\CCC(=O)OCC(O)COP(=O)(O)OCCNC(C)=O. The van der Waals surface area contributed by atoms with Gasteiger partial charge in [-0.1, -0.05) is 79.8 Å². The van der Waals surface area contributed by atoms with Crippen LogP contribution in [0.2, 0.25) is 0 Å². The van der Waals surface area contributed by atoms with Gasteiger partial charge in [-0.25, -0.2) is 4.57 Å². The zero-order chi connectivity index (χ0) is 29.0. The Hall–Kier alpha value is -2.55. The maximum Gasteiger partial charge on any atom is 0.472 e. The number of aliphatic hydroxyl groups is 1. The van der Waals surface area contributed by atoms with Crippen molar-refractivity contribution in [1.82, 2.24) is 5.32 Å². The average Bonchev–Trinajstić information content (AvgIpc) is 2.90. The summed E-state index contributed by atoms with van der Waals surface area (Å²) in [5.74, 6) is -0.794. The second kappa shape index (κ2) is 25.7. The van der Waals surface area contributed by atoms with Gasteiger partial charge in [0.15, 0.2) is 0 Å². The minimum absolute atomic E-state index is 0.0418. The first-order chi connectivity index (χ1) is 18.8. The molecule has 0 heterocycles. The lowest BCUT2D eigenvalue weighted by Crippen LogP contribution is -2.25. The van der Waals surface area contributed by atoms with E-state index in [2.05, 4.69) is 82.0 Å². The van der Waals surface area contributed by atoms with Gasteiger partial charge in [0, 0.05) is 19.9 Å². The molecule has 0 aliphatic heterocycles. The van der Waals surface area contributed by atoms with Crippen LogP contribution in [0, 0.1) is 0 Å². The Bertz CT molecular complexity index is 877. The average molecular weight is 568 g/mol. The number of ether oxygens (including phenoxy) is 1. The number of phosphoric acid groups is 1. The summed E-state index contributed by atoms with van der Waals surface area (Å²) in [6.07, 6.45) is 30.3. The number of amides is 1. The van der Waals surface area contributed by atoms with E-state index in [1.165, 1.54) is 6.92 Å². The van der Waals surface area contributed by atoms with E-state index < -0.39 is 26.5 Å². The molecule has 0 aliphatic rings. The van der Waals surface area contributed by atoms with E-state index in [-0.39, 0.29) is 32.1 Å². The number of esters is 1. The van der Waals surface area contributed by atoms with Crippen LogP contribution in [0.5, 0.6) is 0 Å². The Labute approximate surface area is 233 Å². The van der Waals surface area contributed by atoms with Crippen LogP contribution in [0.1, 0.15) is 65.2 Å². The number of aliphatic hydroxyl groups excluding tert-OH is 1. The highest BCUT2D eigenvalue weighted by Gasteiger charge is 2.23. The summed E-state index contributed by atoms with van der Waals surface area (Å²) in [7, 11) is -4.38. The van der Waals surface area contributed by atoms with Crippen molar-refractivity contribution < 1.29 is 37.9 Å². The smallest absolute Gasteiger partial charge is 0.463 e. The molecular weight excluding hydrogens is 521 g/mol. The molecule has 0 fully saturated rings. The third-order valence-corrected chi connectivity index (χ3v) is 5.69. The van der Waals surface area contributed by atoms with Crippen LogP contribution < -0.4 is 5.32 Å². The van der Waals surface area contributed by atoms with Gasteiger partial charge in [0.25, 0.3) is 0 Å². The van der Waals surface area contributed by atoms with Gasteiger partial charge in [0.2, 0.25) is 5.91 Å². The fourth-order valence-electron chi connectivity index (χ4n) is 2.76. The lowest BCUT2D eigenvalue weighted by atomic mass is 10.2. The molecule has 0 saturated carbocycles. The van der Waals surface area contributed by atoms with Gasteiger partial charge in [0.1, 0.15) is 12.7 Å². The molecule has 0 saturated heterocycles. The van der Waals surface area contributed by atoms with Crippen LogP contribution in [0.15, 0.2) is 72.9 Å². The molecular formula is C29H46NO8P. The van der Waals surface area contributed by atoms with Crippen LogP contribution in [-0.2, 0) is 27.9 Å². The largest absolute Gasteiger partial charge is 0.472 e. The van der Waals surface area contributed by atoms with E-state index >= 15 is 0 Å². The highest BCUT2D eigenvalue weighted by atomic mass is 31.2. The summed E-state index contributed by atoms with van der Waals surface area (Å²) in [5.41, 5.74) is 0. The molecule has 0 rings (SSSR count). The molecule has 39 heavy (non-hydrogen) atoms. The Kier molecular flexibility index (Phi) is 24.0. The number of nitrogens with one attached hydrogen (secondary N) is 1. The number of carbonyl (C=O) groups excluding carboxylic acids is 2. The monoisotopic (exact) mass is 567 g/mol. The minimum atomic E-state index is -4.38. The highest BCUT2D eigenvalue weighted by Crippen LogP contribution is 2.42. The molecule has 2 atom stereocenters. The number of allylic oxidation sites excluding steroid dienone is 12. The predicted octanol–water partition coefficient (Wildman–Crippen LogP) is 5.64. The molecule has 1 amide bonds. The van der Waals surface area contributed by atoms with Crippen LogP contribution in [0.25, 0.3) is 0 Å². The quantitative estimate of drug-likeness (QED) is 0.0626. The van der Waals surface area contributed by atoms with Crippen molar-refractivity contribution in [3.8, 4) is 0 Å². The maximum atomic E-state index is 11.8. The lowest BCUT2D eigenvalue weighted by molar-refractivity contribution is -0.147. The summed E-state index contributed by atoms with van der Waals surface area (Å²) in [5, 5.41) is 12.2. The topological polar surface area (TPSA) is 131 Å². The van der Waals surface area contributed by atoms with Gasteiger partial charge in [-0.2, -0.15) is 0 Å². The summed E-state index contributed by atoms with van der Waals surface area (Å²) >= 11 is 0. The molecule has 0 spiro atoms. The van der Waals surface area contributed by atoms with Gasteiger partial charge in [-0.05, 0) is 44.9 Å². The van der Waals surface area contributed by atoms with Crippen molar-refractivity contribution in [3.63, 3.8) is 0 Å². The molecule has 0 aromatic heterocycles. The fraction of sp³-hybridized carbons (Fsp3) is 0.517. The minimum Gasteiger partial charge on any atom is -0.463 e. The Balaban J connectivity index is 3.78. The molecule has 0 bridgehead atoms. The summed E-state index contributed by atoms with van der Waals surface area (Å²) in [6.45, 7) is 2.33. The third-order valence-electron chi connectivity index (χ3n) is 4.71. The van der Waals surface area contributed by atoms with Gasteiger partial charge in [-0.3, -0.25) is 18.6 Å². The zero-order valence-corrected chi connectivity index (χ0v) is 24.2. The Morgan fingerprint density at radius 3 is 1.77 bits per heavy atom. The molecule has 10 heteroatoms. The first-order valence-corrected chi connectivity index (χ1v) is 14.9. The number of phosphoric ester groups is 1. The first-order valence-electron chi connectivity index (χ1n) is 13.4. The van der Waals surface area contributed by atoms with Crippen LogP contribution in [-0.4, -0.2) is 54.3 Å². The Morgan fingerprint density at radius 1 is 0.795 bits per heavy atom. The molecule has 0 aromatic rings. The first kappa shape index (κ1) is 36.5. The number of hydrogen-bond donors (Lipinski definition) is 3. The predicted molar refractivity (Wildman–Crippen MR) is 155 cm³/mol. The molecule has 2 unspecified atom stereocenters. The standard InChI is InChI=1S/C29H46NO8P/c1-3-4-5-6-7-8-9-10-11-12-13-14-15-16-17-18-19-20-21-22-29(33)36-25-28(32)26-38-39(34,35)37-24-23-30-27(2)31/h4-5,7-8,10-11,13-14,16-17,19-20,28,32H,3,6,9,12,15,18,21-26H2,1-2H3,(H,30,31)(H,34,35)/b5-4-,8-7-,11-10-,14-13-,17-16-,20-19-. The van der Waals surface area contributed by atoms with Crippen molar-refractivity contribution in [3.05, 3.63) is 72.9 Å². The maximum absolute atomic E-state index is 11.8. The molecule has 0 aliphatic carbocycles. The van der Waals surface area contributed by atoms with Crippen LogP contribution in [0.4, 0.5) is 0 Å². The molecule has 0 aromatic carbocycles. The molecule has 3 N–H and O–H groups in total. The van der Waals surface area contributed by atoms with E-state index in [1.807, 2.05) is 12.2 Å². The van der Waals surface area contributed by atoms with Crippen molar-refractivity contribution in [2.24, 2.45) is 0 Å². The fourth-order valence-corrected chi connectivity index (χ4v) is 3.51. The summed E-state index contributed by atoms with van der Waals surface area (Å²) in [4.78, 5) is 32.0. The second-order valence-electron chi connectivity index (χ2n) is 8.37. The van der Waals surface area contributed by atoms with Gasteiger partial charge >= 0.3 is 13.8 Å². The number of carbonyl (C=O) groups is 2.